The van der Waals surface area contributed by atoms with Crippen molar-refractivity contribution in [3.8, 4) is 11.5 Å². The number of halogens is 2. The molecule has 2 nitrogen and oxygen atoms in total. The van der Waals surface area contributed by atoms with Crippen molar-refractivity contribution in [2.24, 2.45) is 0 Å². The van der Waals surface area contributed by atoms with Crippen LogP contribution < -0.4 is 9.47 Å². The maximum absolute atomic E-state index is 13.1. The Morgan fingerprint density at radius 2 is 1.42 bits per heavy atom. The summed E-state index contributed by atoms with van der Waals surface area (Å²) in [4.78, 5) is 0. The van der Waals surface area contributed by atoms with E-state index in [1.165, 1.54) is 25.3 Å². The SMILES string of the molecule is COc1c(F)cccc1C(C)C.COc1ccc(F)cc1C(C)C. The number of hydrogen-bond acceptors (Lipinski definition) is 2. The summed E-state index contributed by atoms with van der Waals surface area (Å²) in [6.07, 6.45) is 0. The van der Waals surface area contributed by atoms with Crippen LogP contribution in [0.2, 0.25) is 0 Å². The van der Waals surface area contributed by atoms with Crippen LogP contribution in [0.5, 0.6) is 11.5 Å². The van der Waals surface area contributed by atoms with Crippen LogP contribution in [0.1, 0.15) is 50.7 Å². The van der Waals surface area contributed by atoms with Gasteiger partial charge in [-0.05, 0) is 47.2 Å². The second-order valence-electron chi connectivity index (χ2n) is 6.06. The highest BCUT2D eigenvalue weighted by molar-refractivity contribution is 5.37. The summed E-state index contributed by atoms with van der Waals surface area (Å²) in [5.41, 5.74) is 1.83. The summed E-state index contributed by atoms with van der Waals surface area (Å²) in [5, 5.41) is 0. The third kappa shape index (κ3) is 5.22. The molecule has 0 aliphatic carbocycles. The molecule has 0 aliphatic heterocycles. The quantitative estimate of drug-likeness (QED) is 0.690. The number of methoxy groups -OCH3 is 2. The zero-order chi connectivity index (χ0) is 18.3. The molecule has 0 aromatic heterocycles. The molecule has 24 heavy (non-hydrogen) atoms. The molecule has 0 bridgehead atoms. The van der Waals surface area contributed by atoms with Gasteiger partial charge in [-0.15, -0.1) is 0 Å². The van der Waals surface area contributed by atoms with Crippen molar-refractivity contribution in [2.45, 2.75) is 39.5 Å². The summed E-state index contributed by atoms with van der Waals surface area (Å²) in [7, 11) is 3.09. The maximum Gasteiger partial charge on any atom is 0.165 e. The molecule has 0 fully saturated rings. The largest absolute Gasteiger partial charge is 0.496 e. The fourth-order valence-corrected chi connectivity index (χ4v) is 2.35. The predicted octanol–water partition coefficient (Wildman–Crippen LogP) is 5.92. The first-order chi connectivity index (χ1) is 11.3. The molecule has 0 spiro atoms. The topological polar surface area (TPSA) is 18.5 Å². The molecule has 132 valence electrons. The van der Waals surface area contributed by atoms with Crippen molar-refractivity contribution in [1.29, 1.82) is 0 Å². The van der Waals surface area contributed by atoms with Gasteiger partial charge in [0.15, 0.2) is 11.6 Å². The molecule has 2 aromatic rings. The van der Waals surface area contributed by atoms with Crippen molar-refractivity contribution in [1.82, 2.24) is 0 Å². The fourth-order valence-electron chi connectivity index (χ4n) is 2.35. The van der Waals surface area contributed by atoms with Crippen LogP contribution in [0, 0.1) is 11.6 Å². The van der Waals surface area contributed by atoms with Gasteiger partial charge in [0, 0.05) is 0 Å². The predicted molar refractivity (Wildman–Crippen MR) is 94.1 cm³/mol. The molecule has 0 atom stereocenters. The molecule has 0 heterocycles. The van der Waals surface area contributed by atoms with Gasteiger partial charge in [0.2, 0.25) is 0 Å². The van der Waals surface area contributed by atoms with Crippen molar-refractivity contribution in [2.75, 3.05) is 14.2 Å². The van der Waals surface area contributed by atoms with Crippen molar-refractivity contribution < 1.29 is 18.3 Å². The van der Waals surface area contributed by atoms with Gasteiger partial charge in [-0.25, -0.2) is 8.78 Å². The monoisotopic (exact) mass is 336 g/mol. The lowest BCUT2D eigenvalue weighted by molar-refractivity contribution is 0.379. The molecule has 4 heteroatoms. The van der Waals surface area contributed by atoms with Crippen LogP contribution in [0.3, 0.4) is 0 Å². The van der Waals surface area contributed by atoms with Crippen LogP contribution in [0.4, 0.5) is 8.78 Å². The van der Waals surface area contributed by atoms with Gasteiger partial charge in [-0.2, -0.15) is 0 Å². The molecule has 0 N–H and O–H groups in total. The molecule has 2 aromatic carbocycles. The van der Waals surface area contributed by atoms with Crippen molar-refractivity contribution >= 4 is 0 Å². The number of ether oxygens (including phenoxy) is 2. The maximum atomic E-state index is 13.1. The average molecular weight is 336 g/mol. The molecule has 0 saturated carbocycles. The smallest absolute Gasteiger partial charge is 0.165 e. The molecular weight excluding hydrogens is 310 g/mol. The Balaban J connectivity index is 0.000000240. The second-order valence-corrected chi connectivity index (χ2v) is 6.06. The Labute approximate surface area is 143 Å². The minimum absolute atomic E-state index is 0.209. The van der Waals surface area contributed by atoms with Crippen molar-refractivity contribution in [3.05, 3.63) is 59.2 Å². The molecule has 0 aliphatic rings. The van der Waals surface area contributed by atoms with E-state index >= 15 is 0 Å². The number of hydrogen-bond donors (Lipinski definition) is 0. The Morgan fingerprint density at radius 1 is 0.792 bits per heavy atom. The zero-order valence-electron chi connectivity index (χ0n) is 15.2. The van der Waals surface area contributed by atoms with Crippen LogP contribution in [0.25, 0.3) is 0 Å². The van der Waals surface area contributed by atoms with E-state index < -0.39 is 0 Å². The molecule has 2 rings (SSSR count). The first kappa shape index (κ1) is 19.9. The van der Waals surface area contributed by atoms with E-state index in [1.54, 1.807) is 19.2 Å². The van der Waals surface area contributed by atoms with E-state index in [-0.39, 0.29) is 23.5 Å². The van der Waals surface area contributed by atoms with Crippen LogP contribution in [-0.4, -0.2) is 14.2 Å². The fraction of sp³-hybridized carbons (Fsp3) is 0.400. The van der Waals surface area contributed by atoms with Crippen LogP contribution in [0.15, 0.2) is 36.4 Å². The highest BCUT2D eigenvalue weighted by Crippen LogP contribution is 2.28. The van der Waals surface area contributed by atoms with Gasteiger partial charge in [0.1, 0.15) is 11.6 Å². The molecular formula is C20H26F2O2. The van der Waals surface area contributed by atoms with E-state index in [0.29, 0.717) is 5.75 Å². The lowest BCUT2D eigenvalue weighted by atomic mass is 10.0. The molecule has 0 amide bonds. The van der Waals surface area contributed by atoms with Crippen molar-refractivity contribution in [3.63, 3.8) is 0 Å². The van der Waals surface area contributed by atoms with E-state index in [4.69, 9.17) is 9.47 Å². The highest BCUT2D eigenvalue weighted by Gasteiger charge is 2.10. The Morgan fingerprint density at radius 3 is 1.88 bits per heavy atom. The zero-order valence-corrected chi connectivity index (χ0v) is 15.2. The Bertz CT molecular complexity index is 646. The Hall–Kier alpha value is -2.10. The van der Waals surface area contributed by atoms with E-state index in [9.17, 15) is 8.78 Å². The van der Waals surface area contributed by atoms with Gasteiger partial charge >= 0.3 is 0 Å². The minimum Gasteiger partial charge on any atom is -0.496 e. The normalized spacial score (nSPS) is 10.4. The standard InChI is InChI=1S/2C10H13FO/c1-7(2)9-6-8(11)4-5-10(9)12-3;1-7(2)8-5-4-6-9(11)10(8)12-3/h2*4-7H,1-3H3. The van der Waals surface area contributed by atoms with Crippen LogP contribution >= 0.6 is 0 Å². The third-order valence-corrected chi connectivity index (χ3v) is 3.64. The second kappa shape index (κ2) is 9.26. The lowest BCUT2D eigenvalue weighted by Gasteiger charge is -2.11. The summed E-state index contributed by atoms with van der Waals surface area (Å²) in [6, 6.07) is 9.57. The third-order valence-electron chi connectivity index (χ3n) is 3.64. The summed E-state index contributed by atoms with van der Waals surface area (Å²) < 4.78 is 35.9. The van der Waals surface area contributed by atoms with Gasteiger partial charge < -0.3 is 9.47 Å². The number of benzene rings is 2. The molecule has 0 unspecified atom stereocenters. The van der Waals surface area contributed by atoms with Gasteiger partial charge in [-0.1, -0.05) is 39.8 Å². The van der Waals surface area contributed by atoms with Gasteiger partial charge in [0.05, 0.1) is 14.2 Å². The van der Waals surface area contributed by atoms with E-state index in [1.807, 2.05) is 33.8 Å². The van der Waals surface area contributed by atoms with Gasteiger partial charge in [-0.3, -0.25) is 0 Å². The average Bonchev–Trinajstić information content (AvgIpc) is 2.55. The van der Waals surface area contributed by atoms with E-state index in [0.717, 1.165) is 16.9 Å². The minimum atomic E-state index is -0.288. The molecule has 0 saturated heterocycles. The first-order valence-corrected chi connectivity index (χ1v) is 7.97. The lowest BCUT2D eigenvalue weighted by Crippen LogP contribution is -1.96. The van der Waals surface area contributed by atoms with Crippen LogP contribution in [-0.2, 0) is 0 Å². The van der Waals surface area contributed by atoms with Gasteiger partial charge in [0.25, 0.3) is 0 Å². The number of rotatable bonds is 4. The highest BCUT2D eigenvalue weighted by atomic mass is 19.1. The van der Waals surface area contributed by atoms with E-state index in [2.05, 4.69) is 0 Å². The summed E-state index contributed by atoms with van der Waals surface area (Å²) in [6.45, 7) is 8.04. The molecule has 0 radical (unpaired) electrons. The summed E-state index contributed by atoms with van der Waals surface area (Å²) in [5.74, 6) is 1.20. The number of para-hydroxylation sites is 1. The first-order valence-electron chi connectivity index (χ1n) is 7.97. The Kier molecular flexibility index (Phi) is 7.69. The summed E-state index contributed by atoms with van der Waals surface area (Å²) >= 11 is 0.